The summed E-state index contributed by atoms with van der Waals surface area (Å²) in [6, 6.07) is 11.1. The van der Waals surface area contributed by atoms with E-state index in [1.807, 2.05) is 37.3 Å². The van der Waals surface area contributed by atoms with Crippen LogP contribution in [0.25, 0.3) is 0 Å². The molecule has 194 valence electrons. The number of aryl methyl sites for hydroxylation is 1. The van der Waals surface area contributed by atoms with Crippen molar-refractivity contribution in [1.29, 1.82) is 5.26 Å². The number of carbonyl (C=O) groups is 2. The number of fused-ring (bicyclic) bond motifs is 4. The number of nitriles is 1. The molecule has 0 radical (unpaired) electrons. The lowest BCUT2D eigenvalue weighted by Gasteiger charge is -2.33. The highest BCUT2D eigenvalue weighted by atomic mass is 35.5. The Bertz CT molecular complexity index is 1510. The molecule has 6 rings (SSSR count). The van der Waals surface area contributed by atoms with Crippen molar-refractivity contribution in [3.8, 4) is 11.9 Å². The highest BCUT2D eigenvalue weighted by Crippen LogP contribution is 2.39. The Labute approximate surface area is 225 Å². The zero-order valence-electron chi connectivity index (χ0n) is 21.3. The Morgan fingerprint density at radius 1 is 1.16 bits per heavy atom. The highest BCUT2D eigenvalue weighted by Gasteiger charge is 2.41. The normalized spacial score (nSPS) is 18.8. The summed E-state index contributed by atoms with van der Waals surface area (Å²) in [5, 5.41) is 14.3. The molecule has 38 heavy (non-hydrogen) atoms. The molecule has 2 amide bonds. The third-order valence-corrected chi connectivity index (χ3v) is 8.09. The van der Waals surface area contributed by atoms with Gasteiger partial charge in [-0.25, -0.2) is 4.68 Å². The van der Waals surface area contributed by atoms with Crippen LogP contribution in [0.4, 0.5) is 5.69 Å². The third kappa shape index (κ3) is 3.96. The fourth-order valence-corrected chi connectivity index (χ4v) is 5.99. The van der Waals surface area contributed by atoms with Gasteiger partial charge >= 0.3 is 0 Å². The Morgan fingerprint density at radius 3 is 2.76 bits per heavy atom. The summed E-state index contributed by atoms with van der Waals surface area (Å²) in [5.41, 5.74) is 5.94. The van der Waals surface area contributed by atoms with Crippen molar-refractivity contribution in [2.45, 2.75) is 38.9 Å². The fraction of sp³-hybridized carbons (Fsp3) is 0.357. The van der Waals surface area contributed by atoms with Gasteiger partial charge in [-0.2, -0.15) is 10.4 Å². The summed E-state index contributed by atoms with van der Waals surface area (Å²) in [6.45, 7) is 3.98. The first-order chi connectivity index (χ1) is 18.4. The van der Waals surface area contributed by atoms with E-state index < -0.39 is 6.04 Å². The molecule has 3 aliphatic rings. The van der Waals surface area contributed by atoms with Gasteiger partial charge in [0.2, 0.25) is 0 Å². The van der Waals surface area contributed by atoms with Crippen LogP contribution in [0.1, 0.15) is 38.3 Å². The Hall–Kier alpha value is -4.03. The van der Waals surface area contributed by atoms with E-state index in [9.17, 15) is 14.9 Å². The SMILES string of the molecule is Cc1cccc(Cn2nc3c(c2Cl)CCN([C@H]2COc4ccc5c(c4N(C)C2=O)CCN(C#N)C5)C3=O)c1. The quantitative estimate of drug-likeness (QED) is 0.483. The molecule has 0 bridgehead atoms. The van der Waals surface area contributed by atoms with Gasteiger partial charge in [-0.3, -0.25) is 9.59 Å². The average molecular weight is 531 g/mol. The highest BCUT2D eigenvalue weighted by molar-refractivity contribution is 6.31. The summed E-state index contributed by atoms with van der Waals surface area (Å²) in [6.07, 6.45) is 3.35. The standard InChI is InChI=1S/C28H27ClN6O3/c1-17-4-3-5-18(12-17)13-35-26(29)21-9-11-34(28(37)24(21)31-35)22-15-38-23-7-6-19-14-33(16-30)10-8-20(19)25(23)32(2)27(22)36/h3-7,12,22H,8-11,13-15H2,1-2H3/t22-/m0/s1. The van der Waals surface area contributed by atoms with E-state index >= 15 is 0 Å². The van der Waals surface area contributed by atoms with E-state index in [0.717, 1.165) is 33.5 Å². The monoisotopic (exact) mass is 530 g/mol. The van der Waals surface area contributed by atoms with Crippen molar-refractivity contribution in [2.24, 2.45) is 0 Å². The molecule has 4 heterocycles. The van der Waals surface area contributed by atoms with Crippen LogP contribution >= 0.6 is 11.6 Å². The van der Waals surface area contributed by atoms with E-state index in [-0.39, 0.29) is 18.4 Å². The van der Waals surface area contributed by atoms with Gasteiger partial charge in [-0.05, 0) is 42.5 Å². The van der Waals surface area contributed by atoms with E-state index in [0.29, 0.717) is 55.6 Å². The van der Waals surface area contributed by atoms with Gasteiger partial charge in [0.25, 0.3) is 11.8 Å². The predicted octanol–water partition coefficient (Wildman–Crippen LogP) is 3.15. The molecule has 0 N–H and O–H groups in total. The number of ether oxygens (including phenoxy) is 1. The number of halogens is 1. The maximum atomic E-state index is 13.8. The number of anilines is 1. The number of aromatic nitrogens is 2. The molecule has 0 saturated carbocycles. The first-order valence-corrected chi connectivity index (χ1v) is 13.0. The molecule has 0 aliphatic carbocycles. The summed E-state index contributed by atoms with van der Waals surface area (Å²) in [7, 11) is 1.73. The molecule has 9 nitrogen and oxygen atoms in total. The van der Waals surface area contributed by atoms with Gasteiger partial charge in [-0.1, -0.05) is 47.5 Å². The van der Waals surface area contributed by atoms with Gasteiger partial charge in [0.05, 0.1) is 18.8 Å². The number of nitrogens with zero attached hydrogens (tertiary/aromatic N) is 6. The van der Waals surface area contributed by atoms with Gasteiger partial charge in [-0.15, -0.1) is 0 Å². The molecule has 1 atom stereocenters. The topological polar surface area (TPSA) is 94.7 Å². The Kier molecular flexibility index (Phi) is 6.00. The first-order valence-electron chi connectivity index (χ1n) is 12.7. The Morgan fingerprint density at radius 2 is 1.97 bits per heavy atom. The number of likely N-dealkylation sites (N-methyl/N-ethyl adjacent to an activating group) is 1. The van der Waals surface area contributed by atoms with Crippen LogP contribution in [0.3, 0.4) is 0 Å². The van der Waals surface area contributed by atoms with Gasteiger partial charge in [0.1, 0.15) is 23.6 Å². The molecule has 0 fully saturated rings. The number of benzene rings is 2. The van der Waals surface area contributed by atoms with Crippen molar-refractivity contribution >= 4 is 29.1 Å². The van der Waals surface area contributed by atoms with Crippen LogP contribution in [-0.4, -0.2) is 64.2 Å². The Balaban J connectivity index is 1.27. The summed E-state index contributed by atoms with van der Waals surface area (Å²) < 4.78 is 7.80. The van der Waals surface area contributed by atoms with Crippen molar-refractivity contribution in [2.75, 3.05) is 31.6 Å². The average Bonchev–Trinajstić information content (AvgIpc) is 3.17. The van der Waals surface area contributed by atoms with E-state index in [1.165, 1.54) is 0 Å². The number of rotatable bonds is 3. The lowest BCUT2D eigenvalue weighted by Crippen LogP contribution is -2.54. The maximum absolute atomic E-state index is 13.8. The van der Waals surface area contributed by atoms with Gasteiger partial charge in [0.15, 0.2) is 11.9 Å². The third-order valence-electron chi connectivity index (χ3n) is 7.66. The van der Waals surface area contributed by atoms with Crippen LogP contribution in [0.2, 0.25) is 5.15 Å². The zero-order valence-corrected chi connectivity index (χ0v) is 22.0. The fourth-order valence-electron chi connectivity index (χ4n) is 5.71. The number of hydrogen-bond donors (Lipinski definition) is 0. The second kappa shape index (κ2) is 9.37. The van der Waals surface area contributed by atoms with E-state index in [4.69, 9.17) is 16.3 Å². The number of carbonyl (C=O) groups excluding carboxylic acids is 2. The molecule has 0 unspecified atom stereocenters. The molecule has 2 aromatic carbocycles. The van der Waals surface area contributed by atoms with E-state index in [2.05, 4.69) is 17.4 Å². The van der Waals surface area contributed by atoms with Crippen molar-refractivity contribution in [3.63, 3.8) is 0 Å². The molecule has 1 aromatic heterocycles. The van der Waals surface area contributed by atoms with Crippen molar-refractivity contribution < 1.29 is 14.3 Å². The lowest BCUT2D eigenvalue weighted by molar-refractivity contribution is -0.123. The van der Waals surface area contributed by atoms with Crippen LogP contribution < -0.4 is 9.64 Å². The predicted molar refractivity (Wildman–Crippen MR) is 141 cm³/mol. The minimum atomic E-state index is -0.788. The molecule has 10 heteroatoms. The maximum Gasteiger partial charge on any atom is 0.275 e. The minimum absolute atomic E-state index is 0.0537. The second-order valence-electron chi connectivity index (χ2n) is 10.1. The van der Waals surface area contributed by atoms with Crippen LogP contribution in [0.15, 0.2) is 36.4 Å². The van der Waals surface area contributed by atoms with Gasteiger partial charge in [0, 0.05) is 25.7 Å². The van der Waals surface area contributed by atoms with Crippen molar-refractivity contribution in [3.05, 3.63) is 75.1 Å². The van der Waals surface area contributed by atoms with E-state index in [1.54, 1.807) is 26.4 Å². The molecule has 3 aromatic rings. The summed E-state index contributed by atoms with van der Waals surface area (Å²) in [4.78, 5) is 32.3. The van der Waals surface area contributed by atoms with Crippen LogP contribution in [0.5, 0.6) is 5.75 Å². The van der Waals surface area contributed by atoms with Crippen LogP contribution in [0, 0.1) is 18.4 Å². The number of hydrogen-bond acceptors (Lipinski definition) is 6. The van der Waals surface area contributed by atoms with Gasteiger partial charge < -0.3 is 19.4 Å². The first kappa shape index (κ1) is 24.3. The molecule has 0 saturated heterocycles. The zero-order chi connectivity index (χ0) is 26.6. The molecule has 0 spiro atoms. The van der Waals surface area contributed by atoms with Crippen LogP contribution in [-0.2, 0) is 30.7 Å². The molecular weight excluding hydrogens is 504 g/mol. The molecule has 3 aliphatic heterocycles. The number of amides is 2. The minimum Gasteiger partial charge on any atom is -0.489 e. The second-order valence-corrected chi connectivity index (χ2v) is 10.4. The summed E-state index contributed by atoms with van der Waals surface area (Å²) in [5.74, 6) is 0.0919. The molecular formula is C28H27ClN6O3. The van der Waals surface area contributed by atoms with Crippen molar-refractivity contribution in [1.82, 2.24) is 19.6 Å². The summed E-state index contributed by atoms with van der Waals surface area (Å²) >= 11 is 6.66. The largest absolute Gasteiger partial charge is 0.489 e. The smallest absolute Gasteiger partial charge is 0.275 e. The lowest BCUT2D eigenvalue weighted by atomic mass is 9.96.